The number of benzene rings is 1. The van der Waals surface area contributed by atoms with Gasteiger partial charge in [-0.25, -0.2) is 4.79 Å². The van der Waals surface area contributed by atoms with Gasteiger partial charge in [-0.2, -0.15) is 0 Å². The van der Waals surface area contributed by atoms with E-state index in [9.17, 15) is 14.7 Å². The molecule has 0 aliphatic heterocycles. The molecule has 0 fully saturated rings. The van der Waals surface area contributed by atoms with E-state index in [2.05, 4.69) is 10.1 Å². The lowest BCUT2D eigenvalue weighted by Crippen LogP contribution is -2.47. The second kappa shape index (κ2) is 7.65. The molecule has 3 atom stereocenters. The number of rotatable bonds is 6. The van der Waals surface area contributed by atoms with Crippen molar-refractivity contribution >= 4 is 11.9 Å². The average molecular weight is 279 g/mol. The Kier molecular flexibility index (Phi) is 6.18. The van der Waals surface area contributed by atoms with Gasteiger partial charge < -0.3 is 15.2 Å². The number of nitrogens with one attached hydrogen (secondary N) is 1. The summed E-state index contributed by atoms with van der Waals surface area (Å²) in [6.45, 7) is 3.76. The predicted molar refractivity (Wildman–Crippen MR) is 74.8 cm³/mol. The molecule has 0 radical (unpaired) electrons. The minimum absolute atomic E-state index is 0.0747. The number of aliphatic hydroxyl groups excluding tert-OH is 1. The number of ether oxygens (including phenoxy) is 1. The SMILES string of the molecule is CC[C@@H](C)[C@H](NC(=O)[C@@H](O)c1ccccc1)C(=O)OC. The van der Waals surface area contributed by atoms with Crippen LogP contribution in [-0.4, -0.2) is 30.1 Å². The standard InChI is InChI=1S/C15H21NO4/c1-4-10(2)12(15(19)20-3)16-14(18)13(17)11-8-6-5-7-9-11/h5-10,12-13,17H,4H2,1-3H3,(H,16,18)/t10-,12+,13+/m1/s1. The highest BCUT2D eigenvalue weighted by molar-refractivity contribution is 5.87. The smallest absolute Gasteiger partial charge is 0.328 e. The van der Waals surface area contributed by atoms with Crippen LogP contribution in [0.15, 0.2) is 30.3 Å². The zero-order valence-electron chi connectivity index (χ0n) is 12.0. The number of carbonyl (C=O) groups excluding carboxylic acids is 2. The molecule has 1 rings (SSSR count). The molecule has 0 unspecified atom stereocenters. The summed E-state index contributed by atoms with van der Waals surface area (Å²) in [5.41, 5.74) is 0.484. The van der Waals surface area contributed by atoms with Gasteiger partial charge in [0.05, 0.1) is 7.11 Å². The fourth-order valence-corrected chi connectivity index (χ4v) is 1.82. The first-order chi connectivity index (χ1) is 9.51. The van der Waals surface area contributed by atoms with E-state index < -0.39 is 24.0 Å². The molecule has 0 saturated heterocycles. The zero-order chi connectivity index (χ0) is 15.1. The second-order valence-electron chi connectivity index (χ2n) is 4.71. The highest BCUT2D eigenvalue weighted by Crippen LogP contribution is 2.15. The minimum Gasteiger partial charge on any atom is -0.467 e. The van der Waals surface area contributed by atoms with Gasteiger partial charge in [0.25, 0.3) is 5.91 Å². The van der Waals surface area contributed by atoms with Gasteiger partial charge in [-0.3, -0.25) is 4.79 Å². The fraction of sp³-hybridized carbons (Fsp3) is 0.467. The van der Waals surface area contributed by atoms with Crippen molar-refractivity contribution in [2.75, 3.05) is 7.11 Å². The number of methoxy groups -OCH3 is 1. The maximum absolute atomic E-state index is 12.0. The third-order valence-corrected chi connectivity index (χ3v) is 3.33. The third-order valence-electron chi connectivity index (χ3n) is 3.33. The molecular formula is C15H21NO4. The number of esters is 1. The van der Waals surface area contributed by atoms with E-state index in [4.69, 9.17) is 0 Å². The van der Waals surface area contributed by atoms with Crippen LogP contribution in [0.5, 0.6) is 0 Å². The van der Waals surface area contributed by atoms with E-state index >= 15 is 0 Å². The number of carbonyl (C=O) groups is 2. The summed E-state index contributed by atoms with van der Waals surface area (Å²) in [6.07, 6.45) is -0.589. The summed E-state index contributed by atoms with van der Waals surface area (Å²) in [5.74, 6) is -1.19. The van der Waals surface area contributed by atoms with Gasteiger partial charge in [0, 0.05) is 0 Å². The van der Waals surface area contributed by atoms with Gasteiger partial charge in [0.15, 0.2) is 6.10 Å². The Bertz CT molecular complexity index is 446. The molecule has 0 heterocycles. The maximum atomic E-state index is 12.0. The Morgan fingerprint density at radius 1 is 1.30 bits per heavy atom. The maximum Gasteiger partial charge on any atom is 0.328 e. The summed E-state index contributed by atoms with van der Waals surface area (Å²) in [6, 6.07) is 7.82. The average Bonchev–Trinajstić information content (AvgIpc) is 2.50. The van der Waals surface area contributed by atoms with Crippen molar-refractivity contribution in [1.29, 1.82) is 0 Å². The molecule has 20 heavy (non-hydrogen) atoms. The highest BCUT2D eigenvalue weighted by Gasteiger charge is 2.29. The molecule has 1 aromatic rings. The van der Waals surface area contributed by atoms with Crippen LogP contribution in [0.1, 0.15) is 31.9 Å². The van der Waals surface area contributed by atoms with E-state index in [1.165, 1.54) is 7.11 Å². The summed E-state index contributed by atoms with van der Waals surface area (Å²) >= 11 is 0. The lowest BCUT2D eigenvalue weighted by molar-refractivity contribution is -0.148. The molecule has 0 bridgehead atoms. The van der Waals surface area contributed by atoms with Crippen LogP contribution in [0, 0.1) is 5.92 Å². The summed E-state index contributed by atoms with van der Waals surface area (Å²) in [5, 5.41) is 12.5. The Balaban J connectivity index is 2.78. The van der Waals surface area contributed by atoms with Gasteiger partial charge in [0.1, 0.15) is 6.04 Å². The molecule has 0 saturated carbocycles. The molecule has 110 valence electrons. The van der Waals surface area contributed by atoms with Crippen LogP contribution in [-0.2, 0) is 14.3 Å². The van der Waals surface area contributed by atoms with Crippen molar-refractivity contribution in [2.45, 2.75) is 32.4 Å². The summed E-state index contributed by atoms with van der Waals surface area (Å²) in [4.78, 5) is 23.7. The topological polar surface area (TPSA) is 75.6 Å². The van der Waals surface area contributed by atoms with Crippen molar-refractivity contribution in [2.24, 2.45) is 5.92 Å². The number of amides is 1. The van der Waals surface area contributed by atoms with Crippen LogP contribution in [0.3, 0.4) is 0 Å². The predicted octanol–water partition coefficient (Wildman–Crippen LogP) is 1.42. The highest BCUT2D eigenvalue weighted by atomic mass is 16.5. The molecule has 1 aromatic carbocycles. The summed E-state index contributed by atoms with van der Waals surface area (Å²) in [7, 11) is 1.28. The monoisotopic (exact) mass is 279 g/mol. The normalized spacial score (nSPS) is 15.0. The van der Waals surface area contributed by atoms with Gasteiger partial charge in [-0.05, 0) is 11.5 Å². The second-order valence-corrected chi connectivity index (χ2v) is 4.71. The molecule has 0 aliphatic rings. The Morgan fingerprint density at radius 2 is 1.90 bits per heavy atom. The van der Waals surface area contributed by atoms with Crippen LogP contribution < -0.4 is 5.32 Å². The largest absolute Gasteiger partial charge is 0.467 e. The van der Waals surface area contributed by atoms with Gasteiger partial charge in [-0.1, -0.05) is 50.6 Å². The Labute approximate surface area is 118 Å². The number of hydrogen-bond acceptors (Lipinski definition) is 4. The Morgan fingerprint density at radius 3 is 2.40 bits per heavy atom. The van der Waals surface area contributed by atoms with E-state index in [-0.39, 0.29) is 5.92 Å². The van der Waals surface area contributed by atoms with Crippen molar-refractivity contribution < 1.29 is 19.4 Å². The van der Waals surface area contributed by atoms with Gasteiger partial charge in [0.2, 0.25) is 0 Å². The summed E-state index contributed by atoms with van der Waals surface area (Å²) < 4.78 is 4.69. The molecule has 5 heteroatoms. The van der Waals surface area contributed by atoms with Crippen LogP contribution in [0.4, 0.5) is 0 Å². The fourth-order valence-electron chi connectivity index (χ4n) is 1.82. The molecule has 1 amide bonds. The van der Waals surface area contributed by atoms with Gasteiger partial charge in [-0.15, -0.1) is 0 Å². The lowest BCUT2D eigenvalue weighted by Gasteiger charge is -2.23. The Hall–Kier alpha value is -1.88. The molecule has 0 spiro atoms. The lowest BCUT2D eigenvalue weighted by atomic mass is 9.98. The van der Waals surface area contributed by atoms with Crippen molar-refractivity contribution in [3.8, 4) is 0 Å². The quantitative estimate of drug-likeness (QED) is 0.772. The molecule has 5 nitrogen and oxygen atoms in total. The van der Waals surface area contributed by atoms with Gasteiger partial charge >= 0.3 is 5.97 Å². The third kappa shape index (κ3) is 4.06. The first-order valence-corrected chi connectivity index (χ1v) is 6.62. The zero-order valence-corrected chi connectivity index (χ0v) is 12.0. The first kappa shape index (κ1) is 16.2. The molecular weight excluding hydrogens is 258 g/mol. The van der Waals surface area contributed by atoms with Crippen molar-refractivity contribution in [1.82, 2.24) is 5.32 Å². The van der Waals surface area contributed by atoms with E-state index in [0.717, 1.165) is 0 Å². The number of aliphatic hydroxyl groups is 1. The van der Waals surface area contributed by atoms with Crippen LogP contribution in [0.2, 0.25) is 0 Å². The van der Waals surface area contributed by atoms with Crippen molar-refractivity contribution in [3.05, 3.63) is 35.9 Å². The van der Waals surface area contributed by atoms with Crippen molar-refractivity contribution in [3.63, 3.8) is 0 Å². The molecule has 2 N–H and O–H groups in total. The van der Waals surface area contributed by atoms with Crippen LogP contribution in [0.25, 0.3) is 0 Å². The van der Waals surface area contributed by atoms with E-state index in [1.807, 2.05) is 13.8 Å². The first-order valence-electron chi connectivity index (χ1n) is 6.62. The molecule has 0 aliphatic carbocycles. The number of hydrogen-bond donors (Lipinski definition) is 2. The van der Waals surface area contributed by atoms with E-state index in [1.54, 1.807) is 30.3 Å². The van der Waals surface area contributed by atoms with Crippen LogP contribution >= 0.6 is 0 Å². The van der Waals surface area contributed by atoms with E-state index in [0.29, 0.717) is 12.0 Å². The minimum atomic E-state index is -1.30. The molecule has 0 aromatic heterocycles.